The minimum absolute atomic E-state index is 0.0533. The molecule has 1 aliphatic rings. The molecule has 3 aromatic carbocycles. The van der Waals surface area contributed by atoms with Crippen LogP contribution in [0.1, 0.15) is 42.1 Å². The number of nitrogens with one attached hydrogen (secondary N) is 9. The Labute approximate surface area is 453 Å². The Balaban J connectivity index is 1.21. The predicted molar refractivity (Wildman–Crippen MR) is 292 cm³/mol. The second kappa shape index (κ2) is 27.9. The third-order valence-corrected chi connectivity index (χ3v) is 13.3. The fourth-order valence-corrected chi connectivity index (χ4v) is 9.07. The van der Waals surface area contributed by atoms with Crippen molar-refractivity contribution in [2.75, 3.05) is 18.1 Å². The van der Waals surface area contributed by atoms with Crippen LogP contribution >= 0.6 is 25.3 Å². The van der Waals surface area contributed by atoms with E-state index >= 15 is 0 Å². The van der Waals surface area contributed by atoms with Crippen LogP contribution in [0.15, 0.2) is 109 Å². The van der Waals surface area contributed by atoms with Gasteiger partial charge in [0.05, 0.1) is 6.33 Å². The highest BCUT2D eigenvalue weighted by molar-refractivity contribution is 7.80. The van der Waals surface area contributed by atoms with Crippen molar-refractivity contribution in [3.63, 3.8) is 0 Å². The van der Waals surface area contributed by atoms with Crippen molar-refractivity contribution < 1.29 is 43.2 Å². The van der Waals surface area contributed by atoms with Crippen LogP contribution in [-0.4, -0.2) is 145 Å². The van der Waals surface area contributed by atoms with E-state index in [1.54, 1.807) is 60.8 Å². The average Bonchev–Trinajstić information content (AvgIpc) is 4.15. The SMILES string of the molecule is C[C@@H](NC(=O)[C@H](CS)N1C(=O)N[C@@H](Cc2ccccc2)C1=O)C(=O)N[C@@H](Cc1cnc[nH]1)C(=O)N[C@H](Cc1ccccc1)C(=O)N[C@@H](CCCN=C(N)N)C(=O)N[C@@H](Cc1c[nH]c2ccccc12)C(=O)N[C@@H](CS)C(N)=O. The number of hydrogen-bond donors (Lipinski definition) is 14. The molecule has 6 rings (SSSR count). The van der Waals surface area contributed by atoms with E-state index in [1.807, 2.05) is 30.3 Å². The summed E-state index contributed by atoms with van der Waals surface area (Å²) in [6, 6.07) is 13.8. The largest absolute Gasteiger partial charge is 0.370 e. The second-order valence-electron chi connectivity index (χ2n) is 18.2. The quantitative estimate of drug-likeness (QED) is 0.00922. The Morgan fingerprint density at radius 3 is 1.84 bits per heavy atom. The maximum atomic E-state index is 14.6. The van der Waals surface area contributed by atoms with Crippen LogP contribution in [0, 0.1) is 0 Å². The zero-order valence-corrected chi connectivity index (χ0v) is 43.7. The van der Waals surface area contributed by atoms with Gasteiger partial charge >= 0.3 is 6.03 Å². The minimum atomic E-state index is -1.41. The lowest BCUT2D eigenvalue weighted by Crippen LogP contribution is -2.60. The first-order chi connectivity index (χ1) is 37.0. The molecular formula is C51H63N15O9S2. The highest BCUT2D eigenvalue weighted by atomic mass is 32.1. The van der Waals surface area contributed by atoms with Gasteiger partial charge in [0.1, 0.15) is 48.3 Å². The van der Waals surface area contributed by atoms with Crippen molar-refractivity contribution in [2.24, 2.45) is 22.2 Å². The van der Waals surface area contributed by atoms with Crippen LogP contribution in [0.3, 0.4) is 0 Å². The molecule has 0 saturated carbocycles. The molecule has 1 fully saturated rings. The van der Waals surface area contributed by atoms with Gasteiger partial charge in [0, 0.05) is 72.7 Å². The Hall–Kier alpha value is -8.39. The lowest BCUT2D eigenvalue weighted by Gasteiger charge is -2.28. The van der Waals surface area contributed by atoms with Crippen molar-refractivity contribution in [1.29, 1.82) is 0 Å². The minimum Gasteiger partial charge on any atom is -0.370 e. The Bertz CT molecular complexity index is 2900. The number of aliphatic imine (C=N–C) groups is 1. The third kappa shape index (κ3) is 16.3. The topological polar surface area (TPSA) is 376 Å². The number of fused-ring (bicyclic) bond motifs is 1. The molecule has 8 atom stereocenters. The maximum Gasteiger partial charge on any atom is 0.325 e. The number of H-pyrrole nitrogens is 2. The lowest BCUT2D eigenvalue weighted by atomic mass is 10.0. The number of guanidine groups is 1. The van der Waals surface area contributed by atoms with Gasteiger partial charge in [-0.3, -0.25) is 43.3 Å². The van der Waals surface area contributed by atoms with Gasteiger partial charge in [-0.15, -0.1) is 0 Å². The number of aromatic nitrogens is 3. The summed E-state index contributed by atoms with van der Waals surface area (Å²) in [5, 5.41) is 19.3. The fraction of sp³-hybridized carbons (Fsp3) is 0.353. The van der Waals surface area contributed by atoms with E-state index in [1.165, 1.54) is 19.4 Å². The molecule has 24 nitrogen and oxygen atoms in total. The van der Waals surface area contributed by atoms with E-state index in [-0.39, 0.29) is 62.5 Å². The Kier molecular flexibility index (Phi) is 21.0. The first kappa shape index (κ1) is 57.9. The number of rotatable bonds is 28. The number of nitrogens with zero attached hydrogens (tertiary/aromatic N) is 3. The zero-order valence-electron chi connectivity index (χ0n) is 41.9. The molecule has 408 valence electrons. The average molecular weight is 1090 g/mol. The van der Waals surface area contributed by atoms with Crippen LogP contribution in [0.2, 0.25) is 0 Å². The van der Waals surface area contributed by atoms with Gasteiger partial charge in [-0.05, 0) is 42.5 Å². The molecule has 1 aliphatic heterocycles. The number of carbonyl (C=O) groups excluding carboxylic acids is 9. The molecule has 0 unspecified atom stereocenters. The predicted octanol–water partition coefficient (Wildman–Crippen LogP) is -1.22. The van der Waals surface area contributed by atoms with Crippen LogP contribution in [-0.2, 0) is 64.0 Å². The molecular weight excluding hydrogens is 1030 g/mol. The first-order valence-electron chi connectivity index (χ1n) is 24.6. The number of hydrogen-bond acceptors (Lipinski definition) is 13. The molecule has 10 amide bonds. The van der Waals surface area contributed by atoms with Gasteiger partial charge in [0.25, 0.3) is 5.91 Å². The number of para-hydroxylation sites is 1. The summed E-state index contributed by atoms with van der Waals surface area (Å²) in [6.45, 7) is 1.39. The van der Waals surface area contributed by atoms with Crippen molar-refractivity contribution in [2.45, 2.75) is 93.8 Å². The van der Waals surface area contributed by atoms with Crippen molar-refractivity contribution >= 4 is 95.4 Å². The summed E-state index contributed by atoms with van der Waals surface area (Å²) >= 11 is 8.41. The van der Waals surface area contributed by atoms with Crippen molar-refractivity contribution in [1.82, 2.24) is 57.1 Å². The van der Waals surface area contributed by atoms with E-state index in [9.17, 15) is 43.2 Å². The maximum absolute atomic E-state index is 14.6. The molecule has 2 aromatic heterocycles. The molecule has 77 heavy (non-hydrogen) atoms. The summed E-state index contributed by atoms with van der Waals surface area (Å²) < 4.78 is 0. The zero-order chi connectivity index (χ0) is 55.6. The molecule has 26 heteroatoms. The van der Waals surface area contributed by atoms with Crippen LogP contribution in [0.25, 0.3) is 10.9 Å². The molecule has 0 aliphatic carbocycles. The smallest absolute Gasteiger partial charge is 0.325 e. The first-order valence-corrected chi connectivity index (χ1v) is 25.8. The Morgan fingerprint density at radius 2 is 1.23 bits per heavy atom. The summed E-state index contributed by atoms with van der Waals surface area (Å²) in [4.78, 5) is 139. The van der Waals surface area contributed by atoms with Gasteiger partial charge < -0.3 is 64.4 Å². The summed E-state index contributed by atoms with van der Waals surface area (Å²) in [5.74, 6) is -7.08. The van der Waals surface area contributed by atoms with Gasteiger partial charge in [-0.25, -0.2) is 14.7 Å². The standard InChI is InChI=1S/C51H63N15O9S2/c1-28(59-48(73)41(26-77)66-49(74)39(65-51(66)75)20-30-13-6-3-7-14-30)43(68)61-38(22-32-24-55-27-58-32)47(72)62-36(19-29-11-4-2-5-12-29)45(70)60-35(17-10-18-56-50(53)54)44(69)63-37(46(71)64-40(25-76)42(52)67)21-31-23-57-34-16-9-8-15-33(31)34/h2-9,11-16,23-24,27-28,35-41,57,76-77H,10,17-22,25-26H2,1H3,(H2,52,67)(H,55,58)(H,59,73)(H,60,70)(H,61,68)(H,62,72)(H,63,69)(H,64,71)(H,65,75)(H4,53,54,56)/t28-,35+,36-,37+,38+,39+,40+,41+/m1/s1. The number of thiol groups is 2. The van der Waals surface area contributed by atoms with Gasteiger partial charge in [-0.2, -0.15) is 25.3 Å². The second-order valence-corrected chi connectivity index (χ2v) is 18.9. The van der Waals surface area contributed by atoms with E-state index in [0.717, 1.165) is 21.4 Å². The van der Waals surface area contributed by atoms with Gasteiger partial charge in [0.15, 0.2) is 5.96 Å². The lowest BCUT2D eigenvalue weighted by molar-refractivity contribution is -0.137. The van der Waals surface area contributed by atoms with Crippen LogP contribution < -0.4 is 54.4 Å². The molecule has 3 heterocycles. The van der Waals surface area contributed by atoms with E-state index in [4.69, 9.17) is 17.2 Å². The molecule has 1 saturated heterocycles. The molecule has 0 radical (unpaired) electrons. The summed E-state index contributed by atoms with van der Waals surface area (Å²) in [7, 11) is 0. The molecule has 15 N–H and O–H groups in total. The van der Waals surface area contributed by atoms with Crippen LogP contribution in [0.4, 0.5) is 4.79 Å². The van der Waals surface area contributed by atoms with E-state index in [2.05, 4.69) is 82.4 Å². The summed E-state index contributed by atoms with van der Waals surface area (Å²) in [5.41, 5.74) is 19.9. The van der Waals surface area contributed by atoms with Crippen molar-refractivity contribution in [3.8, 4) is 0 Å². The Morgan fingerprint density at radius 1 is 0.662 bits per heavy atom. The number of benzene rings is 3. The fourth-order valence-electron chi connectivity index (χ4n) is 8.47. The van der Waals surface area contributed by atoms with Crippen LogP contribution in [0.5, 0.6) is 0 Å². The monoisotopic (exact) mass is 1090 g/mol. The number of imide groups is 1. The number of aromatic amines is 2. The molecule has 0 spiro atoms. The normalized spacial score (nSPS) is 15.8. The number of carbonyl (C=O) groups is 9. The number of nitrogens with two attached hydrogens (primary N) is 3. The summed E-state index contributed by atoms with van der Waals surface area (Å²) in [6.07, 6.45) is 4.40. The molecule has 0 bridgehead atoms. The molecule has 5 aromatic rings. The van der Waals surface area contributed by atoms with Gasteiger partial charge in [0.2, 0.25) is 41.4 Å². The number of amides is 10. The van der Waals surface area contributed by atoms with E-state index in [0.29, 0.717) is 16.8 Å². The third-order valence-electron chi connectivity index (χ3n) is 12.6. The van der Waals surface area contributed by atoms with Gasteiger partial charge in [-0.1, -0.05) is 78.9 Å². The van der Waals surface area contributed by atoms with Crippen molar-refractivity contribution in [3.05, 3.63) is 126 Å². The number of primary amides is 1. The van der Waals surface area contributed by atoms with E-state index < -0.39 is 102 Å². The highest BCUT2D eigenvalue weighted by Crippen LogP contribution is 2.20. The highest BCUT2D eigenvalue weighted by Gasteiger charge is 2.45. The number of urea groups is 1. The number of imidazole rings is 1.